The molecule has 0 aliphatic rings. The van der Waals surface area contributed by atoms with E-state index < -0.39 is 0 Å². The molecule has 4 rings (SSSR count). The fourth-order valence-electron chi connectivity index (χ4n) is 2.53. The van der Waals surface area contributed by atoms with E-state index in [1.807, 2.05) is 83.6 Å². The maximum Gasteiger partial charge on any atom is 0.298 e. The summed E-state index contributed by atoms with van der Waals surface area (Å²) < 4.78 is 7.65. The van der Waals surface area contributed by atoms with Crippen LogP contribution in [0.4, 0.5) is 6.01 Å². The van der Waals surface area contributed by atoms with Crippen molar-refractivity contribution in [3.05, 3.63) is 72.6 Å². The lowest BCUT2D eigenvalue weighted by atomic mass is 10.3. The van der Waals surface area contributed by atoms with Crippen LogP contribution >= 0.6 is 0 Å². The van der Waals surface area contributed by atoms with E-state index in [1.54, 1.807) is 0 Å². The van der Waals surface area contributed by atoms with E-state index >= 15 is 0 Å². The number of anilines is 1. The van der Waals surface area contributed by atoms with E-state index in [0.717, 1.165) is 22.4 Å². The summed E-state index contributed by atoms with van der Waals surface area (Å²) in [6, 6.07) is 18.4. The molecule has 0 bridgehead atoms. The number of fused-ring (bicyclic) bond motifs is 1. The van der Waals surface area contributed by atoms with Gasteiger partial charge in [0.15, 0.2) is 5.58 Å². The molecule has 5 nitrogen and oxygen atoms in total. The number of hydrogen-bond donors (Lipinski definition) is 0. The second-order valence-electron chi connectivity index (χ2n) is 5.45. The molecule has 0 spiro atoms. The average Bonchev–Trinajstić information content (AvgIpc) is 3.22. The summed E-state index contributed by atoms with van der Waals surface area (Å²) in [5.74, 6) is 0. The van der Waals surface area contributed by atoms with Gasteiger partial charge in [0.25, 0.3) is 6.01 Å². The summed E-state index contributed by atoms with van der Waals surface area (Å²) in [5, 5.41) is 4.41. The van der Waals surface area contributed by atoms with Gasteiger partial charge in [-0.25, -0.2) is 4.68 Å². The fraction of sp³-hybridized carbons (Fsp3) is 0.111. The summed E-state index contributed by atoms with van der Waals surface area (Å²) in [7, 11) is 1.96. The van der Waals surface area contributed by atoms with E-state index in [2.05, 4.69) is 10.1 Å². The Balaban J connectivity index is 1.54. The molecule has 2 heterocycles. The van der Waals surface area contributed by atoms with Crippen LogP contribution in [0.15, 0.2) is 71.4 Å². The van der Waals surface area contributed by atoms with Crippen molar-refractivity contribution < 1.29 is 4.42 Å². The maximum absolute atomic E-state index is 5.78. The van der Waals surface area contributed by atoms with E-state index in [-0.39, 0.29) is 0 Å². The molecule has 0 fully saturated rings. The first kappa shape index (κ1) is 13.6. The number of aromatic nitrogens is 3. The Morgan fingerprint density at radius 1 is 1.04 bits per heavy atom. The number of nitrogens with zero attached hydrogens (tertiary/aromatic N) is 4. The van der Waals surface area contributed by atoms with Crippen LogP contribution in [0.25, 0.3) is 16.8 Å². The van der Waals surface area contributed by atoms with Crippen LogP contribution in [0.1, 0.15) is 5.56 Å². The third kappa shape index (κ3) is 2.68. The summed E-state index contributed by atoms with van der Waals surface area (Å²) in [4.78, 5) is 6.48. The monoisotopic (exact) mass is 304 g/mol. The van der Waals surface area contributed by atoms with Gasteiger partial charge in [0, 0.05) is 18.8 Å². The molecule has 0 saturated heterocycles. The molecule has 2 aromatic carbocycles. The van der Waals surface area contributed by atoms with Gasteiger partial charge < -0.3 is 9.32 Å². The van der Waals surface area contributed by atoms with Gasteiger partial charge in [-0.1, -0.05) is 30.3 Å². The highest BCUT2D eigenvalue weighted by Crippen LogP contribution is 2.22. The molecular weight excluding hydrogens is 288 g/mol. The van der Waals surface area contributed by atoms with Gasteiger partial charge in [-0.15, -0.1) is 0 Å². The Kier molecular flexibility index (Phi) is 3.31. The van der Waals surface area contributed by atoms with E-state index in [4.69, 9.17) is 4.42 Å². The number of rotatable bonds is 4. The Bertz CT molecular complexity index is 893. The molecule has 0 N–H and O–H groups in total. The van der Waals surface area contributed by atoms with Crippen molar-refractivity contribution in [1.29, 1.82) is 0 Å². The SMILES string of the molecule is CN(Cc1cnn(-c2ccccc2)c1)c1nc2ccccc2o1. The second kappa shape index (κ2) is 5.61. The number of hydrogen-bond acceptors (Lipinski definition) is 4. The molecule has 0 aliphatic carbocycles. The zero-order valence-electron chi connectivity index (χ0n) is 12.8. The normalized spacial score (nSPS) is 11.0. The zero-order chi connectivity index (χ0) is 15.6. The Labute approximate surface area is 133 Å². The third-order valence-electron chi connectivity index (χ3n) is 3.69. The topological polar surface area (TPSA) is 47.1 Å². The van der Waals surface area contributed by atoms with Crippen molar-refractivity contribution >= 4 is 17.1 Å². The second-order valence-corrected chi connectivity index (χ2v) is 5.45. The van der Waals surface area contributed by atoms with Crippen molar-refractivity contribution in [2.24, 2.45) is 0 Å². The lowest BCUT2D eigenvalue weighted by molar-refractivity contribution is 0.582. The average molecular weight is 304 g/mol. The van der Waals surface area contributed by atoms with Crippen LogP contribution in [0.5, 0.6) is 0 Å². The van der Waals surface area contributed by atoms with Crippen LogP contribution in [-0.4, -0.2) is 21.8 Å². The smallest absolute Gasteiger partial charge is 0.298 e. The molecule has 0 saturated carbocycles. The maximum atomic E-state index is 5.78. The van der Waals surface area contributed by atoms with Crippen LogP contribution in [0.3, 0.4) is 0 Å². The van der Waals surface area contributed by atoms with Crippen molar-refractivity contribution in [3.63, 3.8) is 0 Å². The molecule has 0 radical (unpaired) electrons. The van der Waals surface area contributed by atoms with Gasteiger partial charge in [-0.05, 0) is 24.3 Å². The van der Waals surface area contributed by atoms with Crippen LogP contribution in [0, 0.1) is 0 Å². The van der Waals surface area contributed by atoms with Crippen LogP contribution < -0.4 is 4.90 Å². The van der Waals surface area contributed by atoms with Gasteiger partial charge in [-0.2, -0.15) is 10.1 Å². The van der Waals surface area contributed by atoms with Gasteiger partial charge >= 0.3 is 0 Å². The first-order valence-corrected chi connectivity index (χ1v) is 7.45. The highest BCUT2D eigenvalue weighted by molar-refractivity contribution is 5.74. The van der Waals surface area contributed by atoms with Crippen molar-refractivity contribution in [2.75, 3.05) is 11.9 Å². The Morgan fingerprint density at radius 3 is 2.65 bits per heavy atom. The standard InChI is InChI=1S/C18H16N4O/c1-21(18-20-16-9-5-6-10-17(16)23-18)12-14-11-19-22(13-14)15-7-3-2-4-8-15/h2-11,13H,12H2,1H3. The molecule has 0 amide bonds. The molecular formula is C18H16N4O. The lowest BCUT2D eigenvalue weighted by Gasteiger charge is -2.12. The highest BCUT2D eigenvalue weighted by Gasteiger charge is 2.11. The summed E-state index contributed by atoms with van der Waals surface area (Å²) in [6.07, 6.45) is 3.89. The molecule has 0 unspecified atom stereocenters. The van der Waals surface area contributed by atoms with Crippen molar-refractivity contribution in [1.82, 2.24) is 14.8 Å². The van der Waals surface area contributed by atoms with Crippen LogP contribution in [-0.2, 0) is 6.54 Å². The minimum Gasteiger partial charge on any atom is -0.423 e. The van der Waals surface area contributed by atoms with Gasteiger partial charge in [0.1, 0.15) is 5.52 Å². The minimum atomic E-state index is 0.610. The lowest BCUT2D eigenvalue weighted by Crippen LogP contribution is -2.16. The van der Waals surface area contributed by atoms with E-state index in [0.29, 0.717) is 12.6 Å². The van der Waals surface area contributed by atoms with E-state index in [9.17, 15) is 0 Å². The number of para-hydroxylation sites is 3. The van der Waals surface area contributed by atoms with Gasteiger partial charge in [0.05, 0.1) is 18.4 Å². The van der Waals surface area contributed by atoms with Crippen molar-refractivity contribution in [2.45, 2.75) is 6.54 Å². The third-order valence-corrected chi connectivity index (χ3v) is 3.69. The summed E-state index contributed by atoms with van der Waals surface area (Å²) in [6.45, 7) is 0.680. The van der Waals surface area contributed by atoms with E-state index in [1.165, 1.54) is 0 Å². The first-order valence-electron chi connectivity index (χ1n) is 7.45. The molecule has 5 heteroatoms. The Morgan fingerprint density at radius 2 is 1.83 bits per heavy atom. The predicted octanol–water partition coefficient (Wildman–Crippen LogP) is 3.65. The number of benzene rings is 2. The molecule has 2 aromatic heterocycles. The predicted molar refractivity (Wildman–Crippen MR) is 89.7 cm³/mol. The van der Waals surface area contributed by atoms with Crippen LogP contribution in [0.2, 0.25) is 0 Å². The van der Waals surface area contributed by atoms with Crippen molar-refractivity contribution in [3.8, 4) is 5.69 Å². The first-order chi connectivity index (χ1) is 11.3. The molecule has 0 atom stereocenters. The zero-order valence-corrected chi connectivity index (χ0v) is 12.8. The largest absolute Gasteiger partial charge is 0.423 e. The minimum absolute atomic E-state index is 0.610. The summed E-state index contributed by atoms with van der Waals surface area (Å²) in [5.41, 5.74) is 3.81. The molecule has 23 heavy (non-hydrogen) atoms. The molecule has 114 valence electrons. The molecule has 4 aromatic rings. The highest BCUT2D eigenvalue weighted by atomic mass is 16.4. The summed E-state index contributed by atoms with van der Waals surface area (Å²) >= 11 is 0. The fourth-order valence-corrected chi connectivity index (χ4v) is 2.53. The number of oxazole rings is 1. The van der Waals surface area contributed by atoms with Gasteiger partial charge in [-0.3, -0.25) is 0 Å². The quantitative estimate of drug-likeness (QED) is 0.577. The van der Waals surface area contributed by atoms with Gasteiger partial charge in [0.2, 0.25) is 0 Å². The molecule has 0 aliphatic heterocycles. The Hall–Kier alpha value is -3.08.